The monoisotopic (exact) mass is 247 g/mol. The van der Waals surface area contributed by atoms with Crippen molar-refractivity contribution in [2.75, 3.05) is 32.9 Å². The van der Waals surface area contributed by atoms with Crippen molar-refractivity contribution >= 4 is 5.91 Å². The summed E-state index contributed by atoms with van der Waals surface area (Å²) in [7, 11) is 0. The van der Waals surface area contributed by atoms with E-state index in [1.54, 1.807) is 11.0 Å². The van der Waals surface area contributed by atoms with Crippen molar-refractivity contribution in [1.82, 2.24) is 4.90 Å². The van der Waals surface area contributed by atoms with Gasteiger partial charge in [-0.05, 0) is 6.42 Å². The molecule has 4 N–H and O–H groups in total. The molecule has 1 amide bonds. The maximum absolute atomic E-state index is 11.3. The summed E-state index contributed by atoms with van der Waals surface area (Å²) in [5.74, 6) is 0.0931. The molecule has 1 saturated heterocycles. The van der Waals surface area contributed by atoms with E-state index >= 15 is 0 Å². The molecule has 1 aliphatic heterocycles. The molecule has 17 heavy (non-hydrogen) atoms. The van der Waals surface area contributed by atoms with Crippen LogP contribution in [0.2, 0.25) is 0 Å². The SMILES string of the molecule is C=CC1CCN(CCO)C1=O.OCC(O)CO. The van der Waals surface area contributed by atoms with E-state index in [2.05, 4.69) is 6.58 Å². The van der Waals surface area contributed by atoms with Crippen LogP contribution in [0.1, 0.15) is 6.42 Å². The average Bonchev–Trinajstić information content (AvgIpc) is 2.71. The predicted octanol–water partition coefficient (Wildman–Crippen LogP) is -1.65. The van der Waals surface area contributed by atoms with E-state index in [9.17, 15) is 4.79 Å². The van der Waals surface area contributed by atoms with Crippen LogP contribution >= 0.6 is 0 Å². The van der Waals surface area contributed by atoms with Crippen LogP contribution in [0.15, 0.2) is 12.7 Å². The summed E-state index contributed by atoms with van der Waals surface area (Å²) < 4.78 is 0. The Morgan fingerprint density at radius 2 is 2.00 bits per heavy atom. The number of nitrogens with zero attached hydrogens (tertiary/aromatic N) is 1. The van der Waals surface area contributed by atoms with Crippen molar-refractivity contribution in [1.29, 1.82) is 0 Å². The summed E-state index contributed by atoms with van der Waals surface area (Å²) in [5, 5.41) is 32.6. The summed E-state index contributed by atoms with van der Waals surface area (Å²) in [5.41, 5.74) is 0. The molecule has 0 radical (unpaired) electrons. The van der Waals surface area contributed by atoms with Crippen LogP contribution in [-0.4, -0.2) is 70.2 Å². The lowest BCUT2D eigenvalue weighted by Gasteiger charge is -2.13. The molecule has 0 aromatic rings. The third-order valence-corrected chi connectivity index (χ3v) is 2.41. The molecule has 1 atom stereocenters. The van der Waals surface area contributed by atoms with Crippen LogP contribution in [0.4, 0.5) is 0 Å². The number of likely N-dealkylation sites (tertiary alicyclic amines) is 1. The molecule has 0 aromatic carbocycles. The molecular formula is C11H21NO5. The molecular weight excluding hydrogens is 226 g/mol. The van der Waals surface area contributed by atoms with Gasteiger partial charge in [-0.15, -0.1) is 6.58 Å². The molecule has 6 heteroatoms. The fourth-order valence-electron chi connectivity index (χ4n) is 1.38. The first-order valence-corrected chi connectivity index (χ1v) is 5.52. The number of β-amino-alcohol motifs (C(OH)–C–C–N with tert-alkyl or cyclic N) is 1. The quantitative estimate of drug-likeness (QED) is 0.436. The first kappa shape index (κ1) is 16.1. The third kappa shape index (κ3) is 5.78. The predicted molar refractivity (Wildman–Crippen MR) is 62.1 cm³/mol. The van der Waals surface area contributed by atoms with Crippen molar-refractivity contribution in [3.63, 3.8) is 0 Å². The first-order valence-electron chi connectivity index (χ1n) is 5.52. The molecule has 0 aliphatic carbocycles. The number of carbonyl (C=O) groups is 1. The maximum atomic E-state index is 11.3. The maximum Gasteiger partial charge on any atom is 0.229 e. The third-order valence-electron chi connectivity index (χ3n) is 2.41. The Hall–Kier alpha value is -0.950. The lowest BCUT2D eigenvalue weighted by Crippen LogP contribution is -2.29. The number of hydrogen-bond acceptors (Lipinski definition) is 5. The Kier molecular flexibility index (Phi) is 8.61. The first-order chi connectivity index (χ1) is 8.10. The highest BCUT2D eigenvalue weighted by Gasteiger charge is 2.28. The van der Waals surface area contributed by atoms with E-state index < -0.39 is 6.10 Å². The Labute approximate surface area is 101 Å². The highest BCUT2D eigenvalue weighted by molar-refractivity contribution is 5.82. The molecule has 0 bridgehead atoms. The topological polar surface area (TPSA) is 101 Å². The second-order valence-electron chi connectivity index (χ2n) is 3.70. The van der Waals surface area contributed by atoms with Crippen LogP contribution in [0, 0.1) is 5.92 Å². The number of aliphatic hydroxyl groups excluding tert-OH is 4. The Bertz CT molecular complexity index is 230. The van der Waals surface area contributed by atoms with Crippen LogP contribution < -0.4 is 0 Å². The van der Waals surface area contributed by atoms with Crippen LogP contribution in [0.5, 0.6) is 0 Å². The van der Waals surface area contributed by atoms with E-state index in [0.717, 1.165) is 13.0 Å². The smallest absolute Gasteiger partial charge is 0.229 e. The molecule has 1 rings (SSSR count). The lowest BCUT2D eigenvalue weighted by molar-refractivity contribution is -0.130. The van der Waals surface area contributed by atoms with Gasteiger partial charge in [0.1, 0.15) is 6.10 Å². The Balaban J connectivity index is 0.000000366. The molecule has 0 saturated carbocycles. The number of rotatable bonds is 5. The zero-order valence-corrected chi connectivity index (χ0v) is 9.83. The second kappa shape index (κ2) is 9.12. The summed E-state index contributed by atoms with van der Waals surface area (Å²) in [6.45, 7) is 4.12. The van der Waals surface area contributed by atoms with Gasteiger partial charge in [0.15, 0.2) is 0 Å². The van der Waals surface area contributed by atoms with Crippen molar-refractivity contribution in [3.05, 3.63) is 12.7 Å². The molecule has 1 fully saturated rings. The number of aliphatic hydroxyl groups is 4. The van der Waals surface area contributed by atoms with Crippen LogP contribution in [-0.2, 0) is 4.79 Å². The van der Waals surface area contributed by atoms with Crippen molar-refractivity contribution in [2.24, 2.45) is 5.92 Å². The minimum Gasteiger partial charge on any atom is -0.395 e. The largest absolute Gasteiger partial charge is 0.395 e. The average molecular weight is 247 g/mol. The van der Waals surface area contributed by atoms with Gasteiger partial charge in [-0.3, -0.25) is 4.79 Å². The number of hydrogen-bond donors (Lipinski definition) is 4. The Morgan fingerprint density at radius 3 is 2.29 bits per heavy atom. The molecule has 6 nitrogen and oxygen atoms in total. The van der Waals surface area contributed by atoms with Gasteiger partial charge in [0.25, 0.3) is 0 Å². The fraction of sp³-hybridized carbons (Fsp3) is 0.727. The molecule has 1 heterocycles. The van der Waals surface area contributed by atoms with Gasteiger partial charge in [-0.2, -0.15) is 0 Å². The summed E-state index contributed by atoms with van der Waals surface area (Å²) in [4.78, 5) is 12.9. The van der Waals surface area contributed by atoms with E-state index in [4.69, 9.17) is 20.4 Å². The van der Waals surface area contributed by atoms with Gasteiger partial charge in [0.05, 0.1) is 25.7 Å². The molecule has 1 aliphatic rings. The standard InChI is InChI=1S/C8H13NO2.C3H8O3/c1-2-7-3-4-9(5-6-10)8(7)11;4-1-3(6)2-5/h2,7,10H,1,3-6H2;3-6H,1-2H2. The van der Waals surface area contributed by atoms with E-state index in [0.29, 0.717) is 6.54 Å². The summed E-state index contributed by atoms with van der Waals surface area (Å²) in [6, 6.07) is 0. The zero-order chi connectivity index (χ0) is 13.3. The highest BCUT2D eigenvalue weighted by Crippen LogP contribution is 2.17. The van der Waals surface area contributed by atoms with E-state index in [1.165, 1.54) is 0 Å². The van der Waals surface area contributed by atoms with E-state index in [-0.39, 0.29) is 31.6 Å². The number of amides is 1. The van der Waals surface area contributed by atoms with Gasteiger partial charge in [0.2, 0.25) is 5.91 Å². The Morgan fingerprint density at radius 1 is 1.41 bits per heavy atom. The highest BCUT2D eigenvalue weighted by atomic mass is 16.3. The molecule has 100 valence electrons. The molecule has 1 unspecified atom stereocenters. The summed E-state index contributed by atoms with van der Waals surface area (Å²) >= 11 is 0. The second-order valence-corrected chi connectivity index (χ2v) is 3.70. The van der Waals surface area contributed by atoms with Crippen molar-refractivity contribution < 1.29 is 25.2 Å². The normalized spacial score (nSPS) is 19.2. The zero-order valence-electron chi connectivity index (χ0n) is 9.83. The van der Waals surface area contributed by atoms with Crippen LogP contribution in [0.3, 0.4) is 0 Å². The van der Waals surface area contributed by atoms with Crippen LogP contribution in [0.25, 0.3) is 0 Å². The number of carbonyl (C=O) groups excluding carboxylic acids is 1. The summed E-state index contributed by atoms with van der Waals surface area (Å²) in [6.07, 6.45) is 1.58. The minimum absolute atomic E-state index is 0.0125. The molecule has 0 aromatic heterocycles. The lowest BCUT2D eigenvalue weighted by atomic mass is 10.1. The van der Waals surface area contributed by atoms with E-state index in [1.807, 2.05) is 0 Å². The van der Waals surface area contributed by atoms with Gasteiger partial charge in [-0.1, -0.05) is 6.08 Å². The van der Waals surface area contributed by atoms with Crippen molar-refractivity contribution in [2.45, 2.75) is 12.5 Å². The van der Waals surface area contributed by atoms with Gasteiger partial charge >= 0.3 is 0 Å². The van der Waals surface area contributed by atoms with Crippen molar-refractivity contribution in [3.8, 4) is 0 Å². The molecule has 0 spiro atoms. The fourth-order valence-corrected chi connectivity index (χ4v) is 1.38. The van der Waals surface area contributed by atoms with Gasteiger partial charge in [-0.25, -0.2) is 0 Å². The van der Waals surface area contributed by atoms with Gasteiger partial charge in [0, 0.05) is 13.1 Å². The van der Waals surface area contributed by atoms with Gasteiger partial charge < -0.3 is 25.3 Å². The minimum atomic E-state index is -0.954.